The van der Waals surface area contributed by atoms with E-state index in [0.29, 0.717) is 13.1 Å². The molecule has 0 N–H and O–H groups in total. The number of aryl methyl sites for hydroxylation is 1. The van der Waals surface area contributed by atoms with E-state index in [1.54, 1.807) is 11.0 Å². The molecule has 0 saturated carbocycles. The molecule has 1 aromatic heterocycles. The van der Waals surface area contributed by atoms with Crippen molar-refractivity contribution in [2.45, 2.75) is 32.3 Å². The first-order valence-corrected chi connectivity index (χ1v) is 7.47. The Kier molecular flexibility index (Phi) is 3.38. The highest BCUT2D eigenvalue weighted by molar-refractivity contribution is 5.85. The van der Waals surface area contributed by atoms with E-state index < -0.39 is 5.60 Å². The third-order valence-corrected chi connectivity index (χ3v) is 3.96. The Morgan fingerprint density at radius 1 is 1.32 bits per heavy atom. The van der Waals surface area contributed by atoms with Crippen molar-refractivity contribution in [2.24, 2.45) is 7.05 Å². The van der Waals surface area contributed by atoms with Gasteiger partial charge in [-0.15, -0.1) is 0 Å². The summed E-state index contributed by atoms with van der Waals surface area (Å²) >= 11 is 0. The second kappa shape index (κ2) is 5.00. The number of benzene rings is 1. The standard InChI is InChI=1S/C17H21FN2O2/c1-17(2,3)22-16(21)20-8-11(9-20)14-10-19(4)15-7-12(18)5-6-13(14)15/h5-7,10-11H,8-9H2,1-4H3. The topological polar surface area (TPSA) is 34.5 Å². The average molecular weight is 304 g/mol. The van der Waals surface area contributed by atoms with E-state index in [1.165, 1.54) is 6.07 Å². The smallest absolute Gasteiger partial charge is 0.410 e. The van der Waals surface area contributed by atoms with Crippen LogP contribution in [-0.4, -0.2) is 34.3 Å². The maximum Gasteiger partial charge on any atom is 0.410 e. The molecule has 2 heterocycles. The Hall–Kier alpha value is -2.04. The predicted molar refractivity (Wildman–Crippen MR) is 83.4 cm³/mol. The van der Waals surface area contributed by atoms with Crippen LogP contribution in [0.5, 0.6) is 0 Å². The van der Waals surface area contributed by atoms with E-state index in [-0.39, 0.29) is 17.8 Å². The molecule has 1 saturated heterocycles. The summed E-state index contributed by atoms with van der Waals surface area (Å²) in [5.74, 6) is 0.0471. The summed E-state index contributed by atoms with van der Waals surface area (Å²) in [6, 6.07) is 4.84. The van der Waals surface area contributed by atoms with Gasteiger partial charge in [-0.05, 0) is 44.5 Å². The summed E-state index contributed by atoms with van der Waals surface area (Å²) < 4.78 is 20.7. The Balaban J connectivity index is 1.75. The number of halogens is 1. The first-order valence-electron chi connectivity index (χ1n) is 7.47. The van der Waals surface area contributed by atoms with Crippen LogP contribution in [0.25, 0.3) is 10.9 Å². The molecule has 22 heavy (non-hydrogen) atoms. The number of rotatable bonds is 1. The Morgan fingerprint density at radius 3 is 2.64 bits per heavy atom. The predicted octanol–water partition coefficient (Wildman–Crippen LogP) is 3.65. The number of likely N-dealkylation sites (tertiary alicyclic amines) is 1. The van der Waals surface area contributed by atoms with Crippen molar-refractivity contribution in [2.75, 3.05) is 13.1 Å². The van der Waals surface area contributed by atoms with E-state index >= 15 is 0 Å². The maximum absolute atomic E-state index is 13.4. The van der Waals surface area contributed by atoms with Crippen LogP contribution in [0.1, 0.15) is 32.3 Å². The third kappa shape index (κ3) is 2.67. The quantitative estimate of drug-likeness (QED) is 0.806. The Morgan fingerprint density at radius 2 is 2.00 bits per heavy atom. The molecular formula is C17H21FN2O2. The molecule has 3 rings (SSSR count). The molecule has 0 unspecified atom stereocenters. The number of hydrogen-bond acceptors (Lipinski definition) is 2. The molecule has 0 bridgehead atoms. The zero-order valence-electron chi connectivity index (χ0n) is 13.4. The van der Waals surface area contributed by atoms with Crippen LogP contribution in [0, 0.1) is 5.82 Å². The van der Waals surface area contributed by atoms with E-state index in [2.05, 4.69) is 0 Å². The summed E-state index contributed by atoms with van der Waals surface area (Å²) in [7, 11) is 1.91. The van der Waals surface area contributed by atoms with Gasteiger partial charge in [0.05, 0.1) is 5.52 Å². The molecule has 0 aliphatic carbocycles. The van der Waals surface area contributed by atoms with Gasteiger partial charge in [0.15, 0.2) is 0 Å². The van der Waals surface area contributed by atoms with Gasteiger partial charge in [0.2, 0.25) is 0 Å². The van der Waals surface area contributed by atoms with Crippen molar-refractivity contribution < 1.29 is 13.9 Å². The molecule has 1 amide bonds. The molecular weight excluding hydrogens is 283 g/mol. The summed E-state index contributed by atoms with van der Waals surface area (Å²) in [4.78, 5) is 13.7. The zero-order chi connectivity index (χ0) is 16.1. The maximum atomic E-state index is 13.4. The molecule has 118 valence electrons. The third-order valence-electron chi connectivity index (χ3n) is 3.96. The van der Waals surface area contributed by atoms with Crippen molar-refractivity contribution in [3.63, 3.8) is 0 Å². The molecule has 4 nitrogen and oxygen atoms in total. The highest BCUT2D eigenvalue weighted by Crippen LogP contribution is 2.34. The normalized spacial score (nSPS) is 16.0. The van der Waals surface area contributed by atoms with Crippen molar-refractivity contribution in [1.29, 1.82) is 0 Å². The number of amides is 1. The van der Waals surface area contributed by atoms with Crippen LogP contribution in [0.15, 0.2) is 24.4 Å². The Bertz CT molecular complexity index is 724. The highest BCUT2D eigenvalue weighted by Gasteiger charge is 2.35. The van der Waals surface area contributed by atoms with Gasteiger partial charge >= 0.3 is 6.09 Å². The number of carbonyl (C=O) groups excluding carboxylic acids is 1. The SMILES string of the molecule is Cn1cc(C2CN(C(=O)OC(C)(C)C)C2)c2ccc(F)cc21. The fourth-order valence-corrected chi connectivity index (χ4v) is 2.86. The van der Waals surface area contributed by atoms with Gasteiger partial charge in [-0.2, -0.15) is 0 Å². The lowest BCUT2D eigenvalue weighted by molar-refractivity contribution is 0.00829. The molecule has 0 radical (unpaired) electrons. The van der Waals surface area contributed by atoms with Crippen LogP contribution in [0.2, 0.25) is 0 Å². The van der Waals surface area contributed by atoms with Gasteiger partial charge < -0.3 is 14.2 Å². The summed E-state index contributed by atoms with van der Waals surface area (Å²) in [6.07, 6.45) is 1.76. The lowest BCUT2D eigenvalue weighted by Crippen LogP contribution is -2.50. The van der Waals surface area contributed by atoms with Crippen molar-refractivity contribution >= 4 is 17.0 Å². The van der Waals surface area contributed by atoms with Crippen LogP contribution >= 0.6 is 0 Å². The van der Waals surface area contributed by atoms with E-state index in [4.69, 9.17) is 4.74 Å². The number of aromatic nitrogens is 1. The minimum atomic E-state index is -0.473. The minimum Gasteiger partial charge on any atom is -0.444 e. The van der Waals surface area contributed by atoms with Crippen LogP contribution < -0.4 is 0 Å². The van der Waals surface area contributed by atoms with Gasteiger partial charge in [0.25, 0.3) is 0 Å². The number of hydrogen-bond donors (Lipinski definition) is 0. The molecule has 2 aromatic rings. The zero-order valence-corrected chi connectivity index (χ0v) is 13.4. The average Bonchev–Trinajstić information content (AvgIpc) is 2.62. The minimum absolute atomic E-state index is 0.232. The van der Waals surface area contributed by atoms with Gasteiger partial charge in [0, 0.05) is 37.6 Å². The van der Waals surface area contributed by atoms with Gasteiger partial charge in [0.1, 0.15) is 11.4 Å². The van der Waals surface area contributed by atoms with Gasteiger partial charge in [-0.25, -0.2) is 9.18 Å². The summed E-state index contributed by atoms with van der Waals surface area (Å²) in [5, 5.41) is 1.05. The fourth-order valence-electron chi connectivity index (χ4n) is 2.86. The second-order valence-electron chi connectivity index (χ2n) is 6.94. The molecule has 5 heteroatoms. The fraction of sp³-hybridized carbons (Fsp3) is 0.471. The lowest BCUT2D eigenvalue weighted by atomic mass is 9.91. The molecule has 1 fully saturated rings. The van der Waals surface area contributed by atoms with E-state index in [1.807, 2.05) is 44.6 Å². The van der Waals surface area contributed by atoms with Gasteiger partial charge in [-0.3, -0.25) is 0 Å². The van der Waals surface area contributed by atoms with E-state index in [0.717, 1.165) is 16.5 Å². The van der Waals surface area contributed by atoms with Crippen LogP contribution in [-0.2, 0) is 11.8 Å². The number of fused-ring (bicyclic) bond motifs is 1. The lowest BCUT2D eigenvalue weighted by Gasteiger charge is -2.39. The number of nitrogens with zero attached hydrogens (tertiary/aromatic N) is 2. The molecule has 1 aliphatic heterocycles. The van der Waals surface area contributed by atoms with E-state index in [9.17, 15) is 9.18 Å². The highest BCUT2D eigenvalue weighted by atomic mass is 19.1. The first-order chi connectivity index (χ1) is 10.2. The van der Waals surface area contributed by atoms with Crippen molar-refractivity contribution in [3.8, 4) is 0 Å². The Labute approximate surface area is 129 Å². The molecule has 1 aliphatic rings. The van der Waals surface area contributed by atoms with Crippen molar-refractivity contribution in [1.82, 2.24) is 9.47 Å². The van der Waals surface area contributed by atoms with Crippen molar-refractivity contribution in [3.05, 3.63) is 35.8 Å². The van der Waals surface area contributed by atoms with Crippen LogP contribution in [0.3, 0.4) is 0 Å². The monoisotopic (exact) mass is 304 g/mol. The number of ether oxygens (including phenoxy) is 1. The largest absolute Gasteiger partial charge is 0.444 e. The van der Waals surface area contributed by atoms with Gasteiger partial charge in [-0.1, -0.05) is 0 Å². The van der Waals surface area contributed by atoms with Crippen LogP contribution in [0.4, 0.5) is 9.18 Å². The number of carbonyl (C=O) groups is 1. The molecule has 0 atom stereocenters. The summed E-state index contributed by atoms with van der Waals surface area (Å²) in [5.41, 5.74) is 1.57. The molecule has 1 aromatic carbocycles. The second-order valence-corrected chi connectivity index (χ2v) is 6.94. The molecule has 0 spiro atoms. The first kappa shape index (κ1) is 14.9. The summed E-state index contributed by atoms with van der Waals surface area (Å²) in [6.45, 7) is 6.88.